The minimum Gasteiger partial charge on any atom is -0.467 e. The number of hydrogen-bond donors (Lipinski definition) is 1. The SMILES string of the molecule is COC(=O)C(CCSC)NC(=O)Cn1ccc2ccccc21. The molecule has 1 amide bonds. The van der Waals surface area contributed by atoms with E-state index in [0.29, 0.717) is 6.42 Å². The highest BCUT2D eigenvalue weighted by atomic mass is 32.2. The highest BCUT2D eigenvalue weighted by Crippen LogP contribution is 2.14. The van der Waals surface area contributed by atoms with Crippen LogP contribution in [0.4, 0.5) is 0 Å². The van der Waals surface area contributed by atoms with Crippen molar-refractivity contribution in [1.29, 1.82) is 0 Å². The Balaban J connectivity index is 2.02. The standard InChI is InChI=1S/C16H20N2O3S/c1-21-16(20)13(8-10-22-2)17-15(19)11-18-9-7-12-5-3-4-6-14(12)18/h3-7,9,13H,8,10-11H2,1-2H3,(H,17,19). The van der Waals surface area contributed by atoms with Gasteiger partial charge in [-0.05, 0) is 35.9 Å². The predicted octanol–water partition coefficient (Wildman–Crippen LogP) is 2.05. The van der Waals surface area contributed by atoms with Crippen LogP contribution in [0.1, 0.15) is 6.42 Å². The third-order valence-corrected chi connectivity index (χ3v) is 4.07. The van der Waals surface area contributed by atoms with E-state index in [-0.39, 0.29) is 12.5 Å². The number of rotatable bonds is 7. The molecule has 6 heteroatoms. The number of fused-ring (bicyclic) bond motifs is 1. The van der Waals surface area contributed by atoms with Gasteiger partial charge in [0.05, 0.1) is 7.11 Å². The molecule has 1 aromatic heterocycles. The maximum atomic E-state index is 12.2. The first kappa shape index (κ1) is 16.4. The van der Waals surface area contributed by atoms with Gasteiger partial charge in [0, 0.05) is 11.7 Å². The van der Waals surface area contributed by atoms with Gasteiger partial charge < -0.3 is 14.6 Å². The summed E-state index contributed by atoms with van der Waals surface area (Å²) in [6.07, 6.45) is 4.40. The molecule has 0 saturated carbocycles. The number of carbonyl (C=O) groups is 2. The van der Waals surface area contributed by atoms with E-state index in [1.807, 2.05) is 47.4 Å². The van der Waals surface area contributed by atoms with Gasteiger partial charge in [0.15, 0.2) is 0 Å². The van der Waals surface area contributed by atoms with Crippen molar-refractivity contribution >= 4 is 34.5 Å². The topological polar surface area (TPSA) is 60.3 Å². The largest absolute Gasteiger partial charge is 0.467 e. The summed E-state index contributed by atoms with van der Waals surface area (Å²) in [6.45, 7) is 0.181. The zero-order valence-electron chi connectivity index (χ0n) is 12.7. The van der Waals surface area contributed by atoms with Crippen molar-refractivity contribution in [2.45, 2.75) is 19.0 Å². The molecule has 1 N–H and O–H groups in total. The lowest BCUT2D eigenvalue weighted by atomic mass is 10.2. The number of thioether (sulfide) groups is 1. The van der Waals surface area contributed by atoms with Crippen molar-refractivity contribution in [3.8, 4) is 0 Å². The number of para-hydroxylation sites is 1. The molecule has 5 nitrogen and oxygen atoms in total. The number of hydrogen-bond acceptors (Lipinski definition) is 4. The Morgan fingerprint density at radius 3 is 2.82 bits per heavy atom. The average molecular weight is 320 g/mol. The van der Waals surface area contributed by atoms with Crippen LogP contribution in [-0.2, 0) is 20.9 Å². The molecule has 118 valence electrons. The number of methoxy groups -OCH3 is 1. The van der Waals surface area contributed by atoms with Gasteiger partial charge in [-0.1, -0.05) is 18.2 Å². The molecule has 22 heavy (non-hydrogen) atoms. The van der Waals surface area contributed by atoms with Crippen LogP contribution >= 0.6 is 11.8 Å². The van der Waals surface area contributed by atoms with E-state index in [9.17, 15) is 9.59 Å². The van der Waals surface area contributed by atoms with Crippen molar-refractivity contribution in [2.75, 3.05) is 19.1 Å². The lowest BCUT2D eigenvalue weighted by Gasteiger charge is -2.16. The monoisotopic (exact) mass is 320 g/mol. The Morgan fingerprint density at radius 1 is 1.32 bits per heavy atom. The lowest BCUT2D eigenvalue weighted by Crippen LogP contribution is -2.43. The van der Waals surface area contributed by atoms with Crippen LogP contribution in [0.3, 0.4) is 0 Å². The Hall–Kier alpha value is -1.95. The summed E-state index contributed by atoms with van der Waals surface area (Å²) in [4.78, 5) is 23.9. The van der Waals surface area contributed by atoms with Crippen LogP contribution in [0, 0.1) is 0 Å². The van der Waals surface area contributed by atoms with E-state index < -0.39 is 12.0 Å². The molecule has 1 aromatic carbocycles. The van der Waals surface area contributed by atoms with E-state index in [1.54, 1.807) is 11.8 Å². The summed E-state index contributed by atoms with van der Waals surface area (Å²) in [5.41, 5.74) is 0.997. The Bertz CT molecular complexity index is 654. The maximum Gasteiger partial charge on any atom is 0.328 e. The summed E-state index contributed by atoms with van der Waals surface area (Å²) in [5, 5.41) is 3.84. The van der Waals surface area contributed by atoms with Gasteiger partial charge in [0.25, 0.3) is 0 Å². The van der Waals surface area contributed by atoms with E-state index in [0.717, 1.165) is 16.7 Å². The van der Waals surface area contributed by atoms with Gasteiger partial charge in [-0.2, -0.15) is 11.8 Å². The van der Waals surface area contributed by atoms with Crippen molar-refractivity contribution in [2.24, 2.45) is 0 Å². The van der Waals surface area contributed by atoms with Gasteiger partial charge in [-0.3, -0.25) is 4.79 Å². The fourth-order valence-corrected chi connectivity index (χ4v) is 2.77. The third kappa shape index (κ3) is 4.04. The molecular weight excluding hydrogens is 300 g/mol. The lowest BCUT2D eigenvalue weighted by molar-refractivity contribution is -0.145. The Morgan fingerprint density at radius 2 is 2.09 bits per heavy atom. The van der Waals surface area contributed by atoms with Crippen LogP contribution in [0.25, 0.3) is 10.9 Å². The number of nitrogens with zero attached hydrogens (tertiary/aromatic N) is 1. The number of esters is 1. The van der Waals surface area contributed by atoms with E-state index in [4.69, 9.17) is 4.74 Å². The molecule has 0 aliphatic carbocycles. The highest BCUT2D eigenvalue weighted by Gasteiger charge is 2.21. The van der Waals surface area contributed by atoms with Gasteiger partial charge in [-0.15, -0.1) is 0 Å². The molecule has 0 radical (unpaired) electrons. The summed E-state index contributed by atoms with van der Waals surface area (Å²) in [6, 6.07) is 9.24. The quantitative estimate of drug-likeness (QED) is 0.793. The number of nitrogens with one attached hydrogen (secondary N) is 1. The average Bonchev–Trinajstić information content (AvgIpc) is 2.93. The van der Waals surface area contributed by atoms with Crippen LogP contribution in [0.2, 0.25) is 0 Å². The minimum absolute atomic E-state index is 0.181. The van der Waals surface area contributed by atoms with Crippen molar-refractivity contribution in [1.82, 2.24) is 9.88 Å². The summed E-state index contributed by atoms with van der Waals surface area (Å²) >= 11 is 1.63. The van der Waals surface area contributed by atoms with E-state index in [2.05, 4.69) is 5.32 Å². The second-order valence-electron chi connectivity index (χ2n) is 4.93. The van der Waals surface area contributed by atoms with Gasteiger partial charge >= 0.3 is 5.97 Å². The highest BCUT2D eigenvalue weighted by molar-refractivity contribution is 7.98. The first-order valence-corrected chi connectivity index (χ1v) is 8.45. The zero-order valence-corrected chi connectivity index (χ0v) is 13.6. The molecule has 0 saturated heterocycles. The number of ether oxygens (including phenoxy) is 1. The van der Waals surface area contributed by atoms with Crippen LogP contribution < -0.4 is 5.32 Å². The molecule has 1 atom stereocenters. The zero-order chi connectivity index (χ0) is 15.9. The fourth-order valence-electron chi connectivity index (χ4n) is 2.30. The van der Waals surface area contributed by atoms with Crippen molar-refractivity contribution in [3.63, 3.8) is 0 Å². The minimum atomic E-state index is -0.591. The molecule has 0 aliphatic rings. The predicted molar refractivity (Wildman–Crippen MR) is 88.9 cm³/mol. The second-order valence-corrected chi connectivity index (χ2v) is 5.91. The number of carbonyl (C=O) groups excluding carboxylic acids is 2. The van der Waals surface area contributed by atoms with E-state index in [1.165, 1.54) is 7.11 Å². The van der Waals surface area contributed by atoms with Crippen LogP contribution in [0.15, 0.2) is 36.5 Å². The number of benzene rings is 1. The van der Waals surface area contributed by atoms with Crippen molar-refractivity contribution in [3.05, 3.63) is 36.5 Å². The fraction of sp³-hybridized carbons (Fsp3) is 0.375. The first-order chi connectivity index (χ1) is 10.7. The molecule has 2 aromatic rings. The summed E-state index contributed by atoms with van der Waals surface area (Å²) in [7, 11) is 1.33. The molecule has 0 bridgehead atoms. The molecular formula is C16H20N2O3S. The molecule has 2 rings (SSSR count). The Kier molecular flexibility index (Phi) is 5.89. The summed E-state index contributed by atoms with van der Waals surface area (Å²) < 4.78 is 6.61. The maximum absolute atomic E-state index is 12.2. The number of aromatic nitrogens is 1. The number of amides is 1. The smallest absolute Gasteiger partial charge is 0.328 e. The Labute approximate surface area is 134 Å². The molecule has 0 spiro atoms. The summed E-state index contributed by atoms with van der Waals surface area (Å²) in [5.74, 6) is 0.185. The molecule has 0 aliphatic heterocycles. The molecule has 1 heterocycles. The van der Waals surface area contributed by atoms with E-state index >= 15 is 0 Å². The van der Waals surface area contributed by atoms with Gasteiger partial charge in [0.2, 0.25) is 5.91 Å². The molecule has 1 unspecified atom stereocenters. The van der Waals surface area contributed by atoms with Crippen LogP contribution in [0.5, 0.6) is 0 Å². The second kappa shape index (κ2) is 7.89. The third-order valence-electron chi connectivity index (χ3n) is 3.43. The molecule has 0 fully saturated rings. The van der Waals surface area contributed by atoms with Gasteiger partial charge in [0.1, 0.15) is 12.6 Å². The van der Waals surface area contributed by atoms with Crippen LogP contribution in [-0.4, -0.2) is 41.6 Å². The van der Waals surface area contributed by atoms with Gasteiger partial charge in [-0.25, -0.2) is 4.79 Å². The van der Waals surface area contributed by atoms with Crippen molar-refractivity contribution < 1.29 is 14.3 Å². The first-order valence-electron chi connectivity index (χ1n) is 7.05. The normalized spacial score (nSPS) is 12.1.